The first-order chi connectivity index (χ1) is 5.29. The molecule has 1 aromatic rings. The molecule has 1 radical (unpaired) electrons. The van der Waals surface area contributed by atoms with Crippen LogP contribution in [0.2, 0.25) is 0 Å². The van der Waals surface area contributed by atoms with Crippen LogP contribution < -0.4 is 0 Å². The Labute approximate surface area is 99.6 Å². The number of aliphatic carboxylic acids is 1. The molecule has 61 valence electrons. The van der Waals surface area contributed by atoms with E-state index in [1.807, 2.05) is 30.3 Å². The van der Waals surface area contributed by atoms with Crippen LogP contribution in [0.15, 0.2) is 30.3 Å². The molecule has 0 aliphatic rings. The topological polar surface area (TPSA) is 37.3 Å². The molecule has 0 saturated carbocycles. The fourth-order valence-corrected chi connectivity index (χ4v) is 0.896. The van der Waals surface area contributed by atoms with E-state index in [2.05, 4.69) is 0 Å². The molecule has 0 aliphatic heterocycles. The van der Waals surface area contributed by atoms with E-state index in [9.17, 15) is 4.79 Å². The van der Waals surface area contributed by atoms with Gasteiger partial charge in [-0.2, -0.15) is 0 Å². The molecule has 0 unspecified atom stereocenters. The fraction of sp³-hybridized carbons (Fsp3) is 0.222. The van der Waals surface area contributed by atoms with Gasteiger partial charge in [-0.05, 0) is 12.0 Å². The molecule has 0 spiro atoms. The zero-order valence-electron chi connectivity index (χ0n) is 6.73. The van der Waals surface area contributed by atoms with Crippen LogP contribution >= 0.6 is 0 Å². The van der Waals surface area contributed by atoms with E-state index in [-0.39, 0.29) is 42.0 Å². The van der Waals surface area contributed by atoms with E-state index >= 15 is 0 Å². The van der Waals surface area contributed by atoms with E-state index in [1.54, 1.807) is 0 Å². The van der Waals surface area contributed by atoms with Crippen molar-refractivity contribution in [3.8, 4) is 0 Å². The monoisotopic (exact) mass is 289 g/mol. The normalized spacial score (nSPS) is 8.67. The molecule has 0 saturated heterocycles. The molecule has 12 heavy (non-hydrogen) atoms. The molecule has 1 rings (SSSR count). The Hall–Kier alpha value is -0.115. The second kappa shape index (κ2) is 6.41. The minimum Gasteiger partial charge on any atom is -0.481 e. The SMILES string of the molecule is O=C(O)CCc1ccccc1.[La]. The third kappa shape index (κ3) is 4.70. The van der Waals surface area contributed by atoms with Gasteiger partial charge in [0.2, 0.25) is 0 Å². The quantitative estimate of drug-likeness (QED) is 0.919. The third-order valence-electron chi connectivity index (χ3n) is 1.47. The van der Waals surface area contributed by atoms with Crippen molar-refractivity contribution in [2.75, 3.05) is 0 Å². The first-order valence-electron chi connectivity index (χ1n) is 3.55. The summed E-state index contributed by atoms with van der Waals surface area (Å²) in [7, 11) is 0. The Morgan fingerprint density at radius 2 is 1.83 bits per heavy atom. The van der Waals surface area contributed by atoms with Crippen molar-refractivity contribution in [1.82, 2.24) is 0 Å². The molecule has 0 aromatic heterocycles. The van der Waals surface area contributed by atoms with Crippen LogP contribution in [0.25, 0.3) is 0 Å². The smallest absolute Gasteiger partial charge is 0.303 e. The predicted molar refractivity (Wildman–Crippen MR) is 42.4 cm³/mol. The standard InChI is InChI=1S/C9H10O2.La/c10-9(11)7-6-8-4-2-1-3-5-8;/h1-5H,6-7H2,(H,10,11);. The van der Waals surface area contributed by atoms with Crippen molar-refractivity contribution in [2.24, 2.45) is 0 Å². The molecule has 0 atom stereocenters. The summed E-state index contributed by atoms with van der Waals surface area (Å²) in [5.41, 5.74) is 1.08. The van der Waals surface area contributed by atoms with Gasteiger partial charge in [0, 0.05) is 42.0 Å². The second-order valence-electron chi connectivity index (χ2n) is 2.38. The third-order valence-corrected chi connectivity index (χ3v) is 1.47. The molecular formula is C9H10LaO2. The number of carboxylic acids is 1. The van der Waals surface area contributed by atoms with Crippen molar-refractivity contribution >= 4 is 5.97 Å². The molecule has 0 amide bonds. The van der Waals surface area contributed by atoms with Gasteiger partial charge in [0.15, 0.2) is 0 Å². The van der Waals surface area contributed by atoms with Gasteiger partial charge < -0.3 is 5.11 Å². The maximum Gasteiger partial charge on any atom is 0.303 e. The summed E-state index contributed by atoms with van der Waals surface area (Å²) in [6.45, 7) is 0. The fourth-order valence-electron chi connectivity index (χ4n) is 0.896. The second-order valence-corrected chi connectivity index (χ2v) is 2.38. The summed E-state index contributed by atoms with van der Waals surface area (Å²) < 4.78 is 0. The average Bonchev–Trinajstić information content (AvgIpc) is 2.03. The molecule has 2 nitrogen and oxygen atoms in total. The summed E-state index contributed by atoms with van der Waals surface area (Å²) in [5.74, 6) is -0.742. The molecule has 0 bridgehead atoms. The minimum absolute atomic E-state index is 0. The van der Waals surface area contributed by atoms with Crippen LogP contribution in [0.5, 0.6) is 0 Å². The summed E-state index contributed by atoms with van der Waals surface area (Å²) in [6.07, 6.45) is 0.834. The number of carbonyl (C=O) groups is 1. The minimum atomic E-state index is -0.742. The van der Waals surface area contributed by atoms with Crippen LogP contribution in [0, 0.1) is 35.6 Å². The largest absolute Gasteiger partial charge is 0.481 e. The van der Waals surface area contributed by atoms with Crippen LogP contribution in [-0.4, -0.2) is 11.1 Å². The number of rotatable bonds is 3. The zero-order valence-corrected chi connectivity index (χ0v) is 10.4. The molecule has 0 fully saturated rings. The maximum atomic E-state index is 10.2. The summed E-state index contributed by atoms with van der Waals surface area (Å²) in [5, 5.41) is 8.37. The number of hydrogen-bond acceptors (Lipinski definition) is 1. The van der Waals surface area contributed by atoms with Crippen LogP contribution in [0.4, 0.5) is 0 Å². The van der Waals surface area contributed by atoms with Crippen LogP contribution in [-0.2, 0) is 11.2 Å². The number of aryl methyl sites for hydroxylation is 1. The Balaban J connectivity index is 0.00000121. The molecule has 3 heteroatoms. The predicted octanol–water partition coefficient (Wildman–Crippen LogP) is 1.70. The zero-order chi connectivity index (χ0) is 8.10. The van der Waals surface area contributed by atoms with E-state index in [4.69, 9.17) is 5.11 Å². The average molecular weight is 289 g/mol. The Morgan fingerprint density at radius 3 is 2.33 bits per heavy atom. The molecule has 0 heterocycles. The summed E-state index contributed by atoms with van der Waals surface area (Å²) >= 11 is 0. The van der Waals surface area contributed by atoms with Crippen molar-refractivity contribution in [2.45, 2.75) is 12.8 Å². The van der Waals surface area contributed by atoms with Gasteiger partial charge in [-0.1, -0.05) is 30.3 Å². The Kier molecular flexibility index (Phi) is 6.34. The van der Waals surface area contributed by atoms with E-state index in [0.29, 0.717) is 6.42 Å². The Morgan fingerprint density at radius 1 is 1.25 bits per heavy atom. The molecule has 1 N–H and O–H groups in total. The van der Waals surface area contributed by atoms with Gasteiger partial charge in [-0.3, -0.25) is 4.79 Å². The van der Waals surface area contributed by atoms with Gasteiger partial charge in [0.1, 0.15) is 0 Å². The summed E-state index contributed by atoms with van der Waals surface area (Å²) in [4.78, 5) is 10.2. The first kappa shape index (κ1) is 11.9. The van der Waals surface area contributed by atoms with E-state index < -0.39 is 5.97 Å². The van der Waals surface area contributed by atoms with E-state index in [1.165, 1.54) is 0 Å². The van der Waals surface area contributed by atoms with Crippen molar-refractivity contribution in [1.29, 1.82) is 0 Å². The first-order valence-corrected chi connectivity index (χ1v) is 3.55. The molecular weight excluding hydrogens is 279 g/mol. The van der Waals surface area contributed by atoms with Gasteiger partial charge >= 0.3 is 5.97 Å². The van der Waals surface area contributed by atoms with Crippen molar-refractivity contribution in [3.63, 3.8) is 0 Å². The van der Waals surface area contributed by atoms with Gasteiger partial charge in [0.05, 0.1) is 0 Å². The van der Waals surface area contributed by atoms with Gasteiger partial charge in [-0.15, -0.1) is 0 Å². The van der Waals surface area contributed by atoms with Gasteiger partial charge in [0.25, 0.3) is 0 Å². The molecule has 0 aliphatic carbocycles. The number of hydrogen-bond donors (Lipinski definition) is 1. The van der Waals surface area contributed by atoms with Crippen molar-refractivity contribution < 1.29 is 45.5 Å². The van der Waals surface area contributed by atoms with Crippen LogP contribution in [0.3, 0.4) is 0 Å². The number of benzene rings is 1. The van der Waals surface area contributed by atoms with E-state index in [0.717, 1.165) is 5.56 Å². The molecule has 1 aromatic carbocycles. The van der Waals surface area contributed by atoms with Crippen LogP contribution in [0.1, 0.15) is 12.0 Å². The van der Waals surface area contributed by atoms with Crippen molar-refractivity contribution in [3.05, 3.63) is 35.9 Å². The number of carboxylic acid groups (broad SMARTS) is 1. The maximum absolute atomic E-state index is 10.2. The Bertz CT molecular complexity index is 234. The van der Waals surface area contributed by atoms with Gasteiger partial charge in [-0.25, -0.2) is 0 Å². The summed E-state index contributed by atoms with van der Waals surface area (Å²) in [6, 6.07) is 9.62.